The smallest absolute Gasteiger partial charge is 0.245 e. The summed E-state index contributed by atoms with van der Waals surface area (Å²) in [6.45, 7) is 1.46. The number of amides is 2. The van der Waals surface area contributed by atoms with Gasteiger partial charge in [-0.05, 0) is 43.9 Å². The maximum atomic E-state index is 12.8. The van der Waals surface area contributed by atoms with Gasteiger partial charge in [-0.15, -0.1) is 0 Å². The van der Waals surface area contributed by atoms with E-state index in [-0.39, 0.29) is 17.9 Å². The predicted octanol–water partition coefficient (Wildman–Crippen LogP) is 1.40. The summed E-state index contributed by atoms with van der Waals surface area (Å²) in [5.41, 5.74) is 0. The van der Waals surface area contributed by atoms with E-state index in [4.69, 9.17) is 0 Å². The Morgan fingerprint density at radius 2 is 1.84 bits per heavy atom. The van der Waals surface area contributed by atoms with Gasteiger partial charge >= 0.3 is 0 Å². The van der Waals surface area contributed by atoms with Crippen molar-refractivity contribution in [3.8, 4) is 0 Å². The largest absolute Gasteiger partial charge is 0.337 e. The first-order valence-electron chi connectivity index (χ1n) is 7.84. The fraction of sp³-hybridized carbons (Fsp3) is 0.867. The SMILES string of the molecule is O=C1CCN(C2CC3CCC2C3)C(=O)C2CCCN12. The van der Waals surface area contributed by atoms with Crippen LogP contribution in [0.4, 0.5) is 0 Å². The summed E-state index contributed by atoms with van der Waals surface area (Å²) in [4.78, 5) is 28.8. The van der Waals surface area contributed by atoms with E-state index < -0.39 is 0 Å². The van der Waals surface area contributed by atoms with Crippen LogP contribution in [-0.4, -0.2) is 46.8 Å². The van der Waals surface area contributed by atoms with Crippen molar-refractivity contribution in [1.82, 2.24) is 9.80 Å². The van der Waals surface area contributed by atoms with Gasteiger partial charge in [0.05, 0.1) is 0 Å². The van der Waals surface area contributed by atoms with E-state index in [1.54, 1.807) is 0 Å². The van der Waals surface area contributed by atoms with E-state index in [1.165, 1.54) is 25.7 Å². The first kappa shape index (κ1) is 11.7. The van der Waals surface area contributed by atoms with Crippen LogP contribution in [0.1, 0.15) is 44.9 Å². The van der Waals surface area contributed by atoms with Crippen LogP contribution in [0.25, 0.3) is 0 Å². The second-order valence-electron chi connectivity index (χ2n) is 6.77. The van der Waals surface area contributed by atoms with Gasteiger partial charge in [-0.3, -0.25) is 9.59 Å². The summed E-state index contributed by atoms with van der Waals surface area (Å²) in [5.74, 6) is 2.01. The van der Waals surface area contributed by atoms with E-state index in [0.29, 0.717) is 19.0 Å². The molecule has 0 aromatic carbocycles. The third kappa shape index (κ3) is 1.72. The van der Waals surface area contributed by atoms with Crippen molar-refractivity contribution in [1.29, 1.82) is 0 Å². The highest BCUT2D eigenvalue weighted by Gasteiger charge is 2.47. The van der Waals surface area contributed by atoms with Gasteiger partial charge in [0.1, 0.15) is 6.04 Å². The summed E-state index contributed by atoms with van der Waals surface area (Å²) >= 11 is 0. The highest BCUT2D eigenvalue weighted by atomic mass is 16.2. The Morgan fingerprint density at radius 1 is 0.947 bits per heavy atom. The Bertz CT molecular complexity index is 422. The van der Waals surface area contributed by atoms with Gasteiger partial charge in [-0.25, -0.2) is 0 Å². The molecule has 4 nitrogen and oxygen atoms in total. The van der Waals surface area contributed by atoms with Crippen LogP contribution in [0, 0.1) is 11.8 Å². The molecule has 4 atom stereocenters. The standard InChI is InChI=1S/C15H22N2O2/c18-14-5-7-17(13-9-10-3-4-11(13)8-10)15(19)12-2-1-6-16(12)14/h10-13H,1-9H2. The van der Waals surface area contributed by atoms with Crippen LogP contribution in [-0.2, 0) is 9.59 Å². The molecular formula is C15H22N2O2. The van der Waals surface area contributed by atoms with E-state index in [9.17, 15) is 9.59 Å². The molecule has 2 saturated heterocycles. The van der Waals surface area contributed by atoms with Crippen molar-refractivity contribution in [3.63, 3.8) is 0 Å². The molecule has 104 valence electrons. The number of fused-ring (bicyclic) bond motifs is 3. The first-order valence-corrected chi connectivity index (χ1v) is 7.84. The molecule has 0 aromatic heterocycles. The highest BCUT2D eigenvalue weighted by molar-refractivity contribution is 5.90. The topological polar surface area (TPSA) is 40.6 Å². The molecule has 0 aromatic rings. The molecule has 19 heavy (non-hydrogen) atoms. The van der Waals surface area contributed by atoms with Gasteiger partial charge in [0.2, 0.25) is 11.8 Å². The molecule has 2 heterocycles. The molecule has 2 amide bonds. The molecule has 4 aliphatic rings. The van der Waals surface area contributed by atoms with E-state index >= 15 is 0 Å². The van der Waals surface area contributed by atoms with Crippen LogP contribution >= 0.6 is 0 Å². The van der Waals surface area contributed by atoms with Crippen LogP contribution in [0.5, 0.6) is 0 Å². The van der Waals surface area contributed by atoms with Crippen molar-refractivity contribution < 1.29 is 9.59 Å². The van der Waals surface area contributed by atoms with Crippen molar-refractivity contribution in [2.45, 2.75) is 57.0 Å². The molecule has 2 aliphatic carbocycles. The molecule has 2 aliphatic heterocycles. The fourth-order valence-electron chi connectivity index (χ4n) is 4.91. The van der Waals surface area contributed by atoms with Gasteiger partial charge in [-0.1, -0.05) is 6.42 Å². The van der Waals surface area contributed by atoms with Gasteiger partial charge in [-0.2, -0.15) is 0 Å². The number of rotatable bonds is 1. The van der Waals surface area contributed by atoms with Gasteiger partial charge in [0, 0.05) is 25.6 Å². The minimum atomic E-state index is -0.130. The zero-order valence-corrected chi connectivity index (χ0v) is 11.4. The minimum Gasteiger partial charge on any atom is -0.337 e. The Hall–Kier alpha value is -1.06. The summed E-state index contributed by atoms with van der Waals surface area (Å²) in [6, 6.07) is 0.314. The van der Waals surface area contributed by atoms with E-state index in [2.05, 4.69) is 4.90 Å². The Morgan fingerprint density at radius 3 is 2.58 bits per heavy atom. The van der Waals surface area contributed by atoms with Gasteiger partial charge < -0.3 is 9.80 Å². The second-order valence-corrected chi connectivity index (χ2v) is 6.77. The summed E-state index contributed by atoms with van der Waals surface area (Å²) in [7, 11) is 0. The second kappa shape index (κ2) is 4.22. The van der Waals surface area contributed by atoms with Crippen molar-refractivity contribution in [2.75, 3.05) is 13.1 Å². The Labute approximate surface area is 114 Å². The monoisotopic (exact) mass is 262 g/mol. The number of nitrogens with zero attached hydrogens (tertiary/aromatic N) is 2. The highest BCUT2D eigenvalue weighted by Crippen LogP contribution is 2.47. The molecule has 4 unspecified atom stereocenters. The lowest BCUT2D eigenvalue weighted by molar-refractivity contribution is -0.141. The van der Waals surface area contributed by atoms with Crippen LogP contribution in [0.15, 0.2) is 0 Å². The average Bonchev–Trinajstić information content (AvgIpc) is 3.12. The zero-order chi connectivity index (χ0) is 13.0. The van der Waals surface area contributed by atoms with Crippen LogP contribution in [0.2, 0.25) is 0 Å². The molecular weight excluding hydrogens is 240 g/mol. The van der Waals surface area contributed by atoms with Crippen LogP contribution in [0.3, 0.4) is 0 Å². The summed E-state index contributed by atoms with van der Waals surface area (Å²) in [5, 5.41) is 0. The number of carbonyl (C=O) groups is 2. The number of hydrogen-bond donors (Lipinski definition) is 0. The van der Waals surface area contributed by atoms with E-state index in [0.717, 1.165) is 31.2 Å². The van der Waals surface area contributed by atoms with Crippen molar-refractivity contribution in [3.05, 3.63) is 0 Å². The van der Waals surface area contributed by atoms with Crippen molar-refractivity contribution >= 4 is 11.8 Å². The summed E-state index contributed by atoms with van der Waals surface area (Å²) in [6.07, 6.45) is 7.57. The quantitative estimate of drug-likeness (QED) is 0.716. The normalized spacial score (nSPS) is 41.9. The molecule has 0 N–H and O–H groups in total. The molecule has 4 rings (SSSR count). The summed E-state index contributed by atoms with van der Waals surface area (Å²) < 4.78 is 0. The van der Waals surface area contributed by atoms with Crippen molar-refractivity contribution in [2.24, 2.45) is 11.8 Å². The Balaban J connectivity index is 1.58. The zero-order valence-electron chi connectivity index (χ0n) is 11.4. The number of carbonyl (C=O) groups excluding carboxylic acids is 2. The van der Waals surface area contributed by atoms with Crippen LogP contribution < -0.4 is 0 Å². The molecule has 0 spiro atoms. The lowest BCUT2D eigenvalue weighted by Crippen LogP contribution is -2.49. The molecule has 2 saturated carbocycles. The maximum Gasteiger partial charge on any atom is 0.245 e. The third-order valence-electron chi connectivity index (χ3n) is 5.81. The first-order chi connectivity index (χ1) is 9.24. The van der Waals surface area contributed by atoms with E-state index in [1.807, 2.05) is 4.90 Å². The fourth-order valence-corrected chi connectivity index (χ4v) is 4.91. The predicted molar refractivity (Wildman–Crippen MR) is 70.3 cm³/mol. The third-order valence-corrected chi connectivity index (χ3v) is 5.81. The lowest BCUT2D eigenvalue weighted by Gasteiger charge is -2.35. The minimum absolute atomic E-state index is 0.130. The molecule has 4 fully saturated rings. The molecule has 4 heteroatoms. The average molecular weight is 262 g/mol. The molecule has 2 bridgehead atoms. The lowest BCUT2D eigenvalue weighted by atomic mass is 9.93. The molecule has 0 radical (unpaired) electrons. The van der Waals surface area contributed by atoms with Gasteiger partial charge in [0.15, 0.2) is 0 Å². The maximum absolute atomic E-state index is 12.8. The number of hydrogen-bond acceptors (Lipinski definition) is 2. The Kier molecular flexibility index (Phi) is 2.61. The van der Waals surface area contributed by atoms with Gasteiger partial charge in [0.25, 0.3) is 0 Å².